The summed E-state index contributed by atoms with van der Waals surface area (Å²) >= 11 is 5.84. The molecule has 0 bridgehead atoms. The number of amides is 1. The number of benzene rings is 1. The number of piperidine rings is 1. The van der Waals surface area contributed by atoms with Crippen LogP contribution in [0.25, 0.3) is 0 Å². The lowest BCUT2D eigenvalue weighted by molar-refractivity contribution is 0.0764. The Morgan fingerprint density at radius 3 is 3.05 bits per heavy atom. The highest BCUT2D eigenvalue weighted by Crippen LogP contribution is 2.21. The molecule has 1 fully saturated rings. The van der Waals surface area contributed by atoms with Crippen molar-refractivity contribution in [3.8, 4) is 0 Å². The third kappa shape index (κ3) is 3.45. The van der Waals surface area contributed by atoms with Crippen molar-refractivity contribution in [3.05, 3.63) is 34.6 Å². The van der Waals surface area contributed by atoms with Gasteiger partial charge in [-0.15, -0.1) is 0 Å². The minimum Gasteiger partial charge on any atom is -0.341 e. The van der Waals surface area contributed by atoms with Crippen LogP contribution in [0, 0.1) is 11.7 Å². The van der Waals surface area contributed by atoms with Gasteiger partial charge >= 0.3 is 0 Å². The van der Waals surface area contributed by atoms with Crippen molar-refractivity contribution < 1.29 is 9.18 Å². The molecule has 0 radical (unpaired) electrons. The molecule has 2 rings (SSSR count). The molecule has 1 atom stereocenters. The lowest BCUT2D eigenvalue weighted by Gasteiger charge is -2.27. The zero-order valence-electron chi connectivity index (χ0n) is 11.0. The van der Waals surface area contributed by atoms with Crippen LogP contribution in [0.5, 0.6) is 0 Å². The molecule has 0 spiro atoms. The van der Waals surface area contributed by atoms with E-state index in [4.69, 9.17) is 11.6 Å². The molecule has 1 aromatic rings. The van der Waals surface area contributed by atoms with Crippen LogP contribution in [0.3, 0.4) is 0 Å². The first-order chi connectivity index (χ1) is 9.09. The standard InChI is InChI=1S/C14H18ClFN2O/c1-18(9-10-4-3-7-17-8-10)14(19)11-5-2-6-12(16)13(11)15/h2,5-6,10,17H,3-4,7-9H2,1H3. The van der Waals surface area contributed by atoms with Gasteiger partial charge in [0.15, 0.2) is 0 Å². The van der Waals surface area contributed by atoms with Gasteiger partial charge in [0.05, 0.1) is 10.6 Å². The van der Waals surface area contributed by atoms with Gasteiger partial charge in [0.2, 0.25) is 0 Å². The maximum absolute atomic E-state index is 13.3. The second-order valence-electron chi connectivity index (χ2n) is 5.00. The molecule has 1 aliphatic heterocycles. The Morgan fingerprint density at radius 2 is 2.37 bits per heavy atom. The Bertz CT molecular complexity index is 461. The van der Waals surface area contributed by atoms with Crippen LogP contribution in [0.1, 0.15) is 23.2 Å². The first kappa shape index (κ1) is 14.3. The highest BCUT2D eigenvalue weighted by Gasteiger charge is 2.21. The van der Waals surface area contributed by atoms with E-state index in [-0.39, 0.29) is 16.5 Å². The summed E-state index contributed by atoms with van der Waals surface area (Å²) in [4.78, 5) is 13.9. The molecular weight excluding hydrogens is 267 g/mol. The van der Waals surface area contributed by atoms with Crippen LogP contribution in [-0.4, -0.2) is 37.5 Å². The maximum atomic E-state index is 13.3. The summed E-state index contributed by atoms with van der Waals surface area (Å²) < 4.78 is 13.3. The van der Waals surface area contributed by atoms with Crippen molar-refractivity contribution in [2.45, 2.75) is 12.8 Å². The number of nitrogens with one attached hydrogen (secondary N) is 1. The molecule has 104 valence electrons. The molecule has 1 amide bonds. The van der Waals surface area contributed by atoms with Gasteiger partial charge in [-0.3, -0.25) is 4.79 Å². The second-order valence-corrected chi connectivity index (χ2v) is 5.38. The summed E-state index contributed by atoms with van der Waals surface area (Å²) in [5.41, 5.74) is 0.230. The summed E-state index contributed by atoms with van der Waals surface area (Å²) in [6.07, 6.45) is 2.24. The average molecular weight is 285 g/mol. The fourth-order valence-electron chi connectivity index (χ4n) is 2.42. The second kappa shape index (κ2) is 6.35. The normalized spacial score (nSPS) is 19.2. The lowest BCUT2D eigenvalue weighted by atomic mass is 9.99. The van der Waals surface area contributed by atoms with E-state index in [1.807, 2.05) is 0 Å². The van der Waals surface area contributed by atoms with Gasteiger partial charge in [-0.05, 0) is 44.0 Å². The van der Waals surface area contributed by atoms with Gasteiger partial charge in [0.25, 0.3) is 5.91 Å². The van der Waals surface area contributed by atoms with Crippen molar-refractivity contribution in [1.82, 2.24) is 10.2 Å². The molecule has 1 aliphatic rings. The molecule has 0 aromatic heterocycles. The predicted octanol–water partition coefficient (Wildman–Crippen LogP) is 2.55. The maximum Gasteiger partial charge on any atom is 0.255 e. The Labute approximate surface area is 117 Å². The molecule has 5 heteroatoms. The molecule has 0 saturated carbocycles. The first-order valence-electron chi connectivity index (χ1n) is 6.50. The zero-order chi connectivity index (χ0) is 13.8. The lowest BCUT2D eigenvalue weighted by Crippen LogP contribution is -2.39. The fraction of sp³-hybridized carbons (Fsp3) is 0.500. The summed E-state index contributed by atoms with van der Waals surface area (Å²) in [6, 6.07) is 4.32. The number of hydrogen-bond acceptors (Lipinski definition) is 2. The van der Waals surface area contributed by atoms with Crippen LogP contribution in [-0.2, 0) is 0 Å². The Balaban J connectivity index is 2.03. The molecule has 19 heavy (non-hydrogen) atoms. The van der Waals surface area contributed by atoms with E-state index in [0.29, 0.717) is 12.5 Å². The third-order valence-electron chi connectivity index (χ3n) is 3.46. The molecule has 1 aromatic carbocycles. The fourth-order valence-corrected chi connectivity index (χ4v) is 2.63. The van der Waals surface area contributed by atoms with E-state index in [0.717, 1.165) is 25.9 Å². The van der Waals surface area contributed by atoms with E-state index >= 15 is 0 Å². The highest BCUT2D eigenvalue weighted by atomic mass is 35.5. The Kier molecular flexibility index (Phi) is 4.77. The van der Waals surface area contributed by atoms with Crippen molar-refractivity contribution in [3.63, 3.8) is 0 Å². The number of nitrogens with zero attached hydrogens (tertiary/aromatic N) is 1. The molecule has 3 nitrogen and oxygen atoms in total. The van der Waals surface area contributed by atoms with Crippen molar-refractivity contribution in [2.75, 3.05) is 26.7 Å². The number of carbonyl (C=O) groups is 1. The van der Waals surface area contributed by atoms with Crippen LogP contribution in [0.15, 0.2) is 18.2 Å². The summed E-state index contributed by atoms with van der Waals surface area (Å²) in [5.74, 6) is -0.328. The van der Waals surface area contributed by atoms with Gasteiger partial charge in [-0.25, -0.2) is 4.39 Å². The average Bonchev–Trinajstić information content (AvgIpc) is 2.42. The first-order valence-corrected chi connectivity index (χ1v) is 6.87. The monoisotopic (exact) mass is 284 g/mol. The van der Waals surface area contributed by atoms with Gasteiger partial charge in [-0.2, -0.15) is 0 Å². The van der Waals surface area contributed by atoms with Gasteiger partial charge < -0.3 is 10.2 Å². The summed E-state index contributed by atoms with van der Waals surface area (Å²) in [5, 5.41) is 3.22. The molecule has 1 N–H and O–H groups in total. The van der Waals surface area contributed by atoms with Gasteiger partial charge in [0, 0.05) is 13.6 Å². The van der Waals surface area contributed by atoms with E-state index in [2.05, 4.69) is 5.32 Å². The number of halogens is 2. The quantitative estimate of drug-likeness (QED) is 0.925. The smallest absolute Gasteiger partial charge is 0.255 e. The number of rotatable bonds is 3. The summed E-state index contributed by atoms with van der Waals surface area (Å²) in [6.45, 7) is 2.64. The van der Waals surface area contributed by atoms with E-state index in [9.17, 15) is 9.18 Å². The third-order valence-corrected chi connectivity index (χ3v) is 3.84. The minimum atomic E-state index is -0.555. The van der Waals surface area contributed by atoms with E-state index < -0.39 is 5.82 Å². The van der Waals surface area contributed by atoms with Gasteiger partial charge in [-0.1, -0.05) is 17.7 Å². The Morgan fingerprint density at radius 1 is 1.58 bits per heavy atom. The molecule has 1 saturated heterocycles. The minimum absolute atomic E-state index is 0.0962. The van der Waals surface area contributed by atoms with Crippen molar-refractivity contribution in [1.29, 1.82) is 0 Å². The van der Waals surface area contributed by atoms with Crippen LogP contribution in [0.2, 0.25) is 5.02 Å². The van der Waals surface area contributed by atoms with Crippen LogP contribution >= 0.6 is 11.6 Å². The molecular formula is C14H18ClFN2O. The SMILES string of the molecule is CN(CC1CCCNC1)C(=O)c1cccc(F)c1Cl. The van der Waals surface area contributed by atoms with Crippen molar-refractivity contribution >= 4 is 17.5 Å². The topological polar surface area (TPSA) is 32.3 Å². The van der Waals surface area contributed by atoms with Crippen molar-refractivity contribution in [2.24, 2.45) is 5.92 Å². The molecule has 0 aliphatic carbocycles. The zero-order valence-corrected chi connectivity index (χ0v) is 11.7. The number of carbonyl (C=O) groups excluding carboxylic acids is 1. The summed E-state index contributed by atoms with van der Waals surface area (Å²) in [7, 11) is 1.73. The molecule has 1 unspecified atom stereocenters. The number of hydrogen-bond donors (Lipinski definition) is 1. The van der Waals surface area contributed by atoms with Crippen LogP contribution < -0.4 is 5.32 Å². The molecule has 1 heterocycles. The van der Waals surface area contributed by atoms with E-state index in [1.165, 1.54) is 12.1 Å². The Hall–Kier alpha value is -1.13. The van der Waals surface area contributed by atoms with Crippen LogP contribution in [0.4, 0.5) is 4.39 Å². The predicted molar refractivity (Wildman–Crippen MR) is 74.0 cm³/mol. The van der Waals surface area contributed by atoms with E-state index in [1.54, 1.807) is 18.0 Å². The highest BCUT2D eigenvalue weighted by molar-refractivity contribution is 6.33. The van der Waals surface area contributed by atoms with Gasteiger partial charge in [0.1, 0.15) is 5.82 Å². The largest absolute Gasteiger partial charge is 0.341 e.